The van der Waals surface area contributed by atoms with Gasteiger partial charge in [-0.2, -0.15) is 4.98 Å². The number of nitrogens with one attached hydrogen (secondary N) is 1. The maximum Gasteiger partial charge on any atom is 0.270 e. The molecular formula is C14H15ClN4O2. The van der Waals surface area contributed by atoms with Crippen LogP contribution in [0.5, 0.6) is 0 Å². The quantitative estimate of drug-likeness (QED) is 0.946. The number of nitrogens with zero attached hydrogens (tertiary/aromatic N) is 3. The van der Waals surface area contributed by atoms with Gasteiger partial charge in [-0.3, -0.25) is 4.79 Å². The number of rotatable bonds is 3. The third-order valence-electron chi connectivity index (χ3n) is 4.07. The first kappa shape index (κ1) is 12.9. The van der Waals surface area contributed by atoms with Crippen molar-refractivity contribution in [2.45, 2.75) is 37.6 Å². The van der Waals surface area contributed by atoms with Crippen LogP contribution in [0.1, 0.15) is 59.8 Å². The molecule has 0 radical (unpaired) electrons. The van der Waals surface area contributed by atoms with Crippen molar-refractivity contribution in [1.82, 2.24) is 20.0 Å². The number of amides is 1. The lowest BCUT2D eigenvalue weighted by Crippen LogP contribution is -2.31. The first-order chi connectivity index (χ1) is 10.2. The minimum Gasteiger partial charge on any atom is -0.356 e. The molecule has 1 N–H and O–H groups in total. The SMILES string of the molecule is O=C(c1cc(Cl)c[nH]1)N1CCC[C@@H]1c1noc(C2CC2)n1. The van der Waals surface area contributed by atoms with Crippen LogP contribution in [0.3, 0.4) is 0 Å². The molecule has 1 atom stereocenters. The minimum absolute atomic E-state index is 0.0674. The normalized spacial score (nSPS) is 22.0. The summed E-state index contributed by atoms with van der Waals surface area (Å²) in [6.07, 6.45) is 5.66. The number of hydrogen-bond acceptors (Lipinski definition) is 4. The summed E-state index contributed by atoms with van der Waals surface area (Å²) in [5.41, 5.74) is 0.498. The van der Waals surface area contributed by atoms with Crippen molar-refractivity contribution in [3.05, 3.63) is 34.7 Å². The minimum atomic E-state index is -0.101. The zero-order valence-corrected chi connectivity index (χ0v) is 12.1. The van der Waals surface area contributed by atoms with Gasteiger partial charge in [0, 0.05) is 18.7 Å². The van der Waals surface area contributed by atoms with E-state index in [9.17, 15) is 4.79 Å². The van der Waals surface area contributed by atoms with E-state index < -0.39 is 0 Å². The van der Waals surface area contributed by atoms with Gasteiger partial charge in [-0.15, -0.1) is 0 Å². The fourth-order valence-corrected chi connectivity index (χ4v) is 2.97. The monoisotopic (exact) mass is 306 g/mol. The summed E-state index contributed by atoms with van der Waals surface area (Å²) >= 11 is 5.87. The topological polar surface area (TPSA) is 75.0 Å². The van der Waals surface area contributed by atoms with Crippen LogP contribution < -0.4 is 0 Å². The smallest absolute Gasteiger partial charge is 0.270 e. The summed E-state index contributed by atoms with van der Waals surface area (Å²) in [7, 11) is 0. The molecule has 2 aliphatic rings. The van der Waals surface area contributed by atoms with E-state index >= 15 is 0 Å². The van der Waals surface area contributed by atoms with Crippen LogP contribution in [-0.4, -0.2) is 32.5 Å². The molecule has 0 spiro atoms. The second-order valence-corrected chi connectivity index (χ2v) is 6.09. The van der Waals surface area contributed by atoms with Crippen LogP contribution in [0.25, 0.3) is 0 Å². The Kier molecular flexibility index (Phi) is 2.99. The van der Waals surface area contributed by atoms with Gasteiger partial charge < -0.3 is 14.4 Å². The molecule has 0 aromatic carbocycles. The number of halogens is 1. The predicted octanol–water partition coefficient (Wildman–Crippen LogP) is 2.91. The van der Waals surface area contributed by atoms with Crippen molar-refractivity contribution in [1.29, 1.82) is 0 Å². The molecule has 1 saturated heterocycles. The maximum atomic E-state index is 12.5. The molecule has 4 rings (SSSR count). The fraction of sp³-hybridized carbons (Fsp3) is 0.500. The average Bonchev–Trinajstić information content (AvgIpc) is 2.94. The molecule has 0 bridgehead atoms. The molecular weight excluding hydrogens is 292 g/mol. The molecule has 1 amide bonds. The van der Waals surface area contributed by atoms with E-state index in [2.05, 4.69) is 15.1 Å². The summed E-state index contributed by atoms with van der Waals surface area (Å²) in [6.45, 7) is 0.702. The van der Waals surface area contributed by atoms with E-state index in [1.54, 1.807) is 17.2 Å². The van der Waals surface area contributed by atoms with Crippen LogP contribution in [0, 0.1) is 0 Å². The van der Waals surface area contributed by atoms with Gasteiger partial charge >= 0.3 is 0 Å². The van der Waals surface area contributed by atoms with Gasteiger partial charge in [-0.05, 0) is 31.7 Å². The van der Waals surface area contributed by atoms with E-state index in [0.717, 1.165) is 25.7 Å². The zero-order valence-electron chi connectivity index (χ0n) is 11.4. The molecule has 2 aromatic rings. The van der Waals surface area contributed by atoms with E-state index in [1.807, 2.05) is 0 Å². The molecule has 21 heavy (non-hydrogen) atoms. The molecule has 3 heterocycles. The molecule has 110 valence electrons. The van der Waals surface area contributed by atoms with Gasteiger partial charge in [-0.25, -0.2) is 0 Å². The second kappa shape index (κ2) is 4.87. The number of carbonyl (C=O) groups is 1. The van der Waals surface area contributed by atoms with E-state index in [4.69, 9.17) is 16.1 Å². The Balaban J connectivity index is 1.57. The van der Waals surface area contributed by atoms with Crippen molar-refractivity contribution in [3.8, 4) is 0 Å². The van der Waals surface area contributed by atoms with Gasteiger partial charge in [0.2, 0.25) is 5.89 Å². The van der Waals surface area contributed by atoms with Crippen molar-refractivity contribution in [2.75, 3.05) is 6.54 Å². The lowest BCUT2D eigenvalue weighted by molar-refractivity contribution is 0.0723. The number of carbonyl (C=O) groups excluding carboxylic acids is 1. The Morgan fingerprint density at radius 1 is 1.43 bits per heavy atom. The summed E-state index contributed by atoms with van der Waals surface area (Å²) in [6, 6.07) is 1.54. The van der Waals surface area contributed by atoms with Crippen LogP contribution >= 0.6 is 11.6 Å². The Labute approximate surface area is 126 Å². The van der Waals surface area contributed by atoms with Crippen molar-refractivity contribution in [2.24, 2.45) is 0 Å². The third-order valence-corrected chi connectivity index (χ3v) is 4.29. The molecule has 1 saturated carbocycles. The zero-order chi connectivity index (χ0) is 14.4. The van der Waals surface area contributed by atoms with Gasteiger partial charge in [0.25, 0.3) is 5.91 Å². The first-order valence-electron chi connectivity index (χ1n) is 7.21. The van der Waals surface area contributed by atoms with Crippen LogP contribution in [-0.2, 0) is 0 Å². The number of H-pyrrole nitrogens is 1. The van der Waals surface area contributed by atoms with Crippen LogP contribution in [0.4, 0.5) is 0 Å². The molecule has 1 aliphatic heterocycles. The van der Waals surface area contributed by atoms with Gasteiger partial charge in [-0.1, -0.05) is 16.8 Å². The Hall–Kier alpha value is -1.82. The summed E-state index contributed by atoms with van der Waals surface area (Å²) in [5.74, 6) is 1.70. The van der Waals surface area contributed by atoms with Gasteiger partial charge in [0.05, 0.1) is 11.1 Å². The highest BCUT2D eigenvalue weighted by atomic mass is 35.5. The summed E-state index contributed by atoms with van der Waals surface area (Å²) in [4.78, 5) is 21.7. The highest BCUT2D eigenvalue weighted by Gasteiger charge is 2.36. The number of hydrogen-bond donors (Lipinski definition) is 1. The fourth-order valence-electron chi connectivity index (χ4n) is 2.80. The number of aromatic nitrogens is 3. The molecule has 6 nitrogen and oxygen atoms in total. The van der Waals surface area contributed by atoms with E-state index in [-0.39, 0.29) is 11.9 Å². The molecule has 7 heteroatoms. The molecule has 2 aromatic heterocycles. The molecule has 1 aliphatic carbocycles. The maximum absolute atomic E-state index is 12.5. The lowest BCUT2D eigenvalue weighted by atomic mass is 10.2. The first-order valence-corrected chi connectivity index (χ1v) is 7.58. The highest BCUT2D eigenvalue weighted by molar-refractivity contribution is 6.30. The van der Waals surface area contributed by atoms with Crippen molar-refractivity contribution >= 4 is 17.5 Å². The van der Waals surface area contributed by atoms with E-state index in [1.165, 1.54) is 0 Å². The summed E-state index contributed by atoms with van der Waals surface area (Å²) < 4.78 is 5.31. The second-order valence-electron chi connectivity index (χ2n) is 5.65. The number of likely N-dealkylation sites (tertiary alicyclic amines) is 1. The highest BCUT2D eigenvalue weighted by Crippen LogP contribution is 2.40. The van der Waals surface area contributed by atoms with Crippen LogP contribution in [0.2, 0.25) is 5.02 Å². The Morgan fingerprint density at radius 3 is 3.00 bits per heavy atom. The summed E-state index contributed by atoms with van der Waals surface area (Å²) in [5, 5.41) is 4.61. The standard InChI is InChI=1S/C14H15ClN4O2/c15-9-6-10(16-7-9)14(20)19-5-1-2-11(19)12-17-13(21-18-12)8-3-4-8/h6-8,11,16H,1-5H2/t11-/m1/s1. The molecule has 2 fully saturated rings. The number of aromatic amines is 1. The van der Waals surface area contributed by atoms with Crippen molar-refractivity contribution < 1.29 is 9.32 Å². The van der Waals surface area contributed by atoms with Crippen LogP contribution in [0.15, 0.2) is 16.8 Å². The van der Waals surface area contributed by atoms with Crippen molar-refractivity contribution in [3.63, 3.8) is 0 Å². The molecule has 0 unspecified atom stereocenters. The third kappa shape index (κ3) is 2.33. The predicted molar refractivity (Wildman–Crippen MR) is 75.1 cm³/mol. The van der Waals surface area contributed by atoms with Gasteiger partial charge in [0.15, 0.2) is 5.82 Å². The lowest BCUT2D eigenvalue weighted by Gasteiger charge is -2.21. The van der Waals surface area contributed by atoms with E-state index in [0.29, 0.717) is 34.9 Å². The van der Waals surface area contributed by atoms with Gasteiger partial charge in [0.1, 0.15) is 5.69 Å². The largest absolute Gasteiger partial charge is 0.356 e. The Bertz CT molecular complexity index is 676. The Morgan fingerprint density at radius 2 is 2.29 bits per heavy atom. The average molecular weight is 307 g/mol.